The third-order valence-corrected chi connectivity index (χ3v) is 5.00. The molecule has 14 heteroatoms. The van der Waals surface area contributed by atoms with Crippen LogP contribution in [0.2, 0.25) is 10.0 Å². The Kier molecular flexibility index (Phi) is 7.90. The van der Waals surface area contributed by atoms with E-state index in [9.17, 15) is 32.9 Å². The number of hydrogen-bond acceptors (Lipinski definition) is 7. The molecule has 3 aromatic carbocycles. The van der Waals surface area contributed by atoms with E-state index in [0.29, 0.717) is 17.9 Å². The lowest BCUT2D eigenvalue weighted by molar-refractivity contribution is -0.385. The summed E-state index contributed by atoms with van der Waals surface area (Å²) >= 11 is 11.7. The van der Waals surface area contributed by atoms with Gasteiger partial charge in [0.25, 0.3) is 11.6 Å². The van der Waals surface area contributed by atoms with Gasteiger partial charge in [0.05, 0.1) is 27.6 Å². The zero-order valence-corrected chi connectivity index (χ0v) is 19.4. The predicted octanol–water partition coefficient (Wildman–Crippen LogP) is 6.65. The molecule has 0 spiro atoms. The van der Waals surface area contributed by atoms with Gasteiger partial charge >= 0.3 is 12.3 Å². The molecule has 0 aliphatic heterocycles. The number of ether oxygens (including phenoxy) is 3. The van der Waals surface area contributed by atoms with Crippen LogP contribution in [0, 0.1) is 10.1 Å². The molecule has 3 rings (SSSR count). The Morgan fingerprint density at radius 3 is 2.03 bits per heavy atom. The summed E-state index contributed by atoms with van der Waals surface area (Å²) in [5.41, 5.74) is -2.42. The van der Waals surface area contributed by atoms with Gasteiger partial charge in [-0.1, -0.05) is 23.2 Å². The molecule has 0 saturated carbocycles. The van der Waals surface area contributed by atoms with Crippen molar-refractivity contribution >= 4 is 40.9 Å². The summed E-state index contributed by atoms with van der Waals surface area (Å²) < 4.78 is 54.1. The first-order chi connectivity index (χ1) is 16.9. The number of carbonyl (C=O) groups is 2. The van der Waals surface area contributed by atoms with Gasteiger partial charge < -0.3 is 14.2 Å². The Morgan fingerprint density at radius 1 is 0.944 bits per heavy atom. The van der Waals surface area contributed by atoms with Gasteiger partial charge in [-0.15, -0.1) is 0 Å². The predicted molar refractivity (Wildman–Crippen MR) is 121 cm³/mol. The number of alkyl halides is 3. The van der Waals surface area contributed by atoms with E-state index in [2.05, 4.69) is 0 Å². The van der Waals surface area contributed by atoms with Crippen LogP contribution >= 0.6 is 23.2 Å². The van der Waals surface area contributed by atoms with Gasteiger partial charge in [0, 0.05) is 12.1 Å². The van der Waals surface area contributed by atoms with Gasteiger partial charge in [0.2, 0.25) is 0 Å². The van der Waals surface area contributed by atoms with Crippen molar-refractivity contribution in [2.24, 2.45) is 0 Å². The van der Waals surface area contributed by atoms with Gasteiger partial charge in [-0.05, 0) is 42.5 Å². The first kappa shape index (κ1) is 26.6. The Balaban J connectivity index is 1.84. The number of imide groups is 1. The normalized spacial score (nSPS) is 10.9. The summed E-state index contributed by atoms with van der Waals surface area (Å²) in [6.07, 6.45) is -5.95. The lowest BCUT2D eigenvalue weighted by Crippen LogP contribution is -2.33. The number of rotatable bonds is 6. The highest BCUT2D eigenvalue weighted by Crippen LogP contribution is 2.42. The molecule has 0 aliphatic carbocycles. The lowest BCUT2D eigenvalue weighted by atomic mass is 10.1. The number of hydrogen-bond donors (Lipinski definition) is 1. The topological polar surface area (TPSA) is 117 Å². The van der Waals surface area contributed by atoms with Gasteiger partial charge in [-0.25, -0.2) is 4.79 Å². The number of amides is 2. The second kappa shape index (κ2) is 10.7. The molecule has 0 atom stereocenters. The quantitative estimate of drug-likeness (QED) is 0.272. The molecule has 0 aliphatic rings. The minimum Gasteiger partial charge on any atom is -0.497 e. The SMILES string of the molecule is COc1ccc(OC(=O)NC(=O)c2cc(Oc3c(Cl)cc(C(F)(F)F)cc3Cl)ccc2[N+](=O)[O-])cc1. The van der Waals surface area contributed by atoms with E-state index in [4.69, 9.17) is 37.4 Å². The van der Waals surface area contributed by atoms with Crippen LogP contribution in [0.4, 0.5) is 23.7 Å². The van der Waals surface area contributed by atoms with Crippen molar-refractivity contribution in [1.82, 2.24) is 5.32 Å². The van der Waals surface area contributed by atoms with Crippen molar-refractivity contribution in [1.29, 1.82) is 0 Å². The van der Waals surface area contributed by atoms with Crippen molar-refractivity contribution < 1.29 is 41.9 Å². The van der Waals surface area contributed by atoms with E-state index in [1.165, 1.54) is 31.4 Å². The van der Waals surface area contributed by atoms with E-state index >= 15 is 0 Å². The number of nitrogens with one attached hydrogen (secondary N) is 1. The van der Waals surface area contributed by atoms with E-state index in [0.717, 1.165) is 18.2 Å². The number of carbonyl (C=O) groups excluding carboxylic acids is 2. The molecule has 0 fully saturated rings. The van der Waals surface area contributed by atoms with Crippen molar-refractivity contribution in [3.8, 4) is 23.0 Å². The highest BCUT2D eigenvalue weighted by atomic mass is 35.5. The number of halogens is 5. The molecular formula is C22H13Cl2F3N2O7. The summed E-state index contributed by atoms with van der Waals surface area (Å²) in [7, 11) is 1.44. The fourth-order valence-electron chi connectivity index (χ4n) is 2.79. The molecule has 3 aromatic rings. The Labute approximate surface area is 210 Å². The third-order valence-electron chi connectivity index (χ3n) is 4.44. The van der Waals surface area contributed by atoms with Crippen molar-refractivity contribution in [3.63, 3.8) is 0 Å². The van der Waals surface area contributed by atoms with Crippen LogP contribution in [-0.2, 0) is 6.18 Å². The molecule has 36 heavy (non-hydrogen) atoms. The maximum Gasteiger partial charge on any atom is 0.419 e. The third kappa shape index (κ3) is 6.34. The fourth-order valence-corrected chi connectivity index (χ4v) is 3.36. The Bertz CT molecular complexity index is 1310. The molecular weight excluding hydrogens is 532 g/mol. The fraction of sp³-hybridized carbons (Fsp3) is 0.0909. The molecule has 0 bridgehead atoms. The summed E-state index contributed by atoms with van der Waals surface area (Å²) in [5, 5.41) is 12.2. The second-order valence-electron chi connectivity index (χ2n) is 6.82. The second-order valence-corrected chi connectivity index (χ2v) is 7.64. The lowest BCUT2D eigenvalue weighted by Gasteiger charge is -2.14. The van der Waals surface area contributed by atoms with E-state index in [-0.39, 0.29) is 17.2 Å². The molecule has 0 heterocycles. The molecule has 188 valence electrons. The van der Waals surface area contributed by atoms with Crippen molar-refractivity contribution in [3.05, 3.63) is 85.9 Å². The maximum absolute atomic E-state index is 12.9. The zero-order chi connectivity index (χ0) is 26.6. The van der Waals surface area contributed by atoms with Crippen LogP contribution in [0.3, 0.4) is 0 Å². The molecule has 0 unspecified atom stereocenters. The van der Waals surface area contributed by atoms with E-state index < -0.39 is 50.0 Å². The number of benzene rings is 3. The maximum atomic E-state index is 12.9. The van der Waals surface area contributed by atoms with Crippen LogP contribution in [0.1, 0.15) is 15.9 Å². The molecule has 1 N–H and O–H groups in total. The standard InChI is InChI=1S/C22H13Cl2F3N2O7/c1-34-12-2-4-13(5-3-12)36-21(31)28-20(30)15-10-14(6-7-18(15)29(32)33)35-19-16(23)8-11(9-17(19)24)22(25,26)27/h2-10H,1H3,(H,28,30,31). The highest BCUT2D eigenvalue weighted by Gasteiger charge is 2.32. The first-order valence-corrected chi connectivity index (χ1v) is 10.3. The van der Waals surface area contributed by atoms with E-state index in [1.54, 1.807) is 0 Å². The van der Waals surface area contributed by atoms with Gasteiger partial charge in [-0.2, -0.15) is 13.2 Å². The molecule has 2 amide bonds. The summed E-state index contributed by atoms with van der Waals surface area (Å²) in [6.45, 7) is 0. The Morgan fingerprint density at radius 2 is 1.50 bits per heavy atom. The van der Waals surface area contributed by atoms with Crippen LogP contribution in [0.5, 0.6) is 23.0 Å². The number of methoxy groups -OCH3 is 1. The Hall–Kier alpha value is -4.03. The van der Waals surface area contributed by atoms with Crippen LogP contribution < -0.4 is 19.5 Å². The molecule has 0 saturated heterocycles. The van der Waals surface area contributed by atoms with Crippen LogP contribution in [-0.4, -0.2) is 24.0 Å². The minimum atomic E-state index is -4.72. The summed E-state index contributed by atoms with van der Waals surface area (Å²) in [4.78, 5) is 35.2. The highest BCUT2D eigenvalue weighted by molar-refractivity contribution is 6.37. The summed E-state index contributed by atoms with van der Waals surface area (Å²) in [6, 6.07) is 9.77. The van der Waals surface area contributed by atoms with Crippen LogP contribution in [0.15, 0.2) is 54.6 Å². The smallest absolute Gasteiger partial charge is 0.419 e. The number of nitro groups is 1. The van der Waals surface area contributed by atoms with Crippen molar-refractivity contribution in [2.45, 2.75) is 6.18 Å². The molecule has 9 nitrogen and oxygen atoms in total. The van der Waals surface area contributed by atoms with Crippen molar-refractivity contribution in [2.75, 3.05) is 7.11 Å². The minimum absolute atomic E-state index is 0.0549. The molecule has 0 aromatic heterocycles. The van der Waals surface area contributed by atoms with Crippen LogP contribution in [0.25, 0.3) is 0 Å². The van der Waals surface area contributed by atoms with Gasteiger partial charge in [0.15, 0.2) is 5.75 Å². The van der Waals surface area contributed by atoms with E-state index in [1.807, 2.05) is 5.32 Å². The monoisotopic (exact) mass is 544 g/mol. The summed E-state index contributed by atoms with van der Waals surface area (Å²) in [5.74, 6) is -1.29. The van der Waals surface area contributed by atoms with Gasteiger partial charge in [0.1, 0.15) is 22.8 Å². The largest absolute Gasteiger partial charge is 0.497 e. The first-order valence-electron chi connectivity index (χ1n) is 9.58. The number of nitrogens with zero attached hydrogens (tertiary/aromatic N) is 1. The number of nitro benzene ring substituents is 1. The van der Waals surface area contributed by atoms with Gasteiger partial charge in [-0.3, -0.25) is 20.2 Å². The average molecular weight is 545 g/mol. The zero-order valence-electron chi connectivity index (χ0n) is 17.9. The molecule has 0 radical (unpaired) electrons. The average Bonchev–Trinajstić information content (AvgIpc) is 2.80.